The van der Waals surface area contributed by atoms with Crippen molar-refractivity contribution >= 4 is 39.2 Å². The number of nitrogens with one attached hydrogen (secondary N) is 1. The van der Waals surface area contributed by atoms with Crippen LogP contribution in [0.1, 0.15) is 11.6 Å². The molecule has 2 rings (SSSR count). The number of carbonyl (C=O) groups is 1. The summed E-state index contributed by atoms with van der Waals surface area (Å²) < 4.78 is 13.9. The molecule has 104 valence electrons. The highest BCUT2D eigenvalue weighted by Gasteiger charge is 2.22. The van der Waals surface area contributed by atoms with Crippen LogP contribution in [0.3, 0.4) is 0 Å². The molecule has 0 amide bonds. The molecule has 2 aromatic rings. The summed E-state index contributed by atoms with van der Waals surface area (Å²) in [5.74, 6) is -1.60. The van der Waals surface area contributed by atoms with E-state index in [9.17, 15) is 14.3 Å². The van der Waals surface area contributed by atoms with Crippen LogP contribution in [0.15, 0.2) is 46.9 Å². The van der Waals surface area contributed by atoms with E-state index in [1.165, 1.54) is 12.1 Å². The van der Waals surface area contributed by atoms with Gasteiger partial charge in [-0.1, -0.05) is 33.6 Å². The Hall–Kier alpha value is -1.59. The van der Waals surface area contributed by atoms with Crippen LogP contribution in [-0.2, 0) is 4.79 Å². The molecule has 6 heteroatoms. The van der Waals surface area contributed by atoms with E-state index in [0.29, 0.717) is 11.3 Å². The number of rotatable bonds is 4. The van der Waals surface area contributed by atoms with E-state index in [0.717, 1.165) is 10.5 Å². The Bertz CT molecular complexity index is 634. The zero-order valence-corrected chi connectivity index (χ0v) is 12.5. The van der Waals surface area contributed by atoms with Crippen LogP contribution >= 0.6 is 27.5 Å². The molecule has 0 radical (unpaired) electrons. The number of aliphatic carboxylic acids is 1. The Balaban J connectivity index is 2.31. The highest BCUT2D eigenvalue weighted by molar-refractivity contribution is 9.10. The predicted molar refractivity (Wildman–Crippen MR) is 79.6 cm³/mol. The molecule has 2 aromatic carbocycles. The van der Waals surface area contributed by atoms with E-state index in [4.69, 9.17) is 11.6 Å². The Kier molecular flexibility index (Phi) is 4.62. The van der Waals surface area contributed by atoms with Crippen molar-refractivity contribution in [3.05, 3.63) is 63.3 Å². The standard InChI is InChI=1S/C14H10BrClFNO2/c15-8-1-4-10(5-2-8)18-13(14(19)20)11-6-3-9(17)7-12(11)16/h1-7,13,18H,(H,19,20). The van der Waals surface area contributed by atoms with Gasteiger partial charge in [-0.25, -0.2) is 9.18 Å². The zero-order chi connectivity index (χ0) is 14.7. The van der Waals surface area contributed by atoms with Gasteiger partial charge in [-0.15, -0.1) is 0 Å². The molecule has 0 fully saturated rings. The second kappa shape index (κ2) is 6.24. The summed E-state index contributed by atoms with van der Waals surface area (Å²) in [5, 5.41) is 12.2. The lowest BCUT2D eigenvalue weighted by Gasteiger charge is -2.17. The van der Waals surface area contributed by atoms with E-state index < -0.39 is 17.8 Å². The van der Waals surface area contributed by atoms with Crippen LogP contribution in [0.25, 0.3) is 0 Å². The number of benzene rings is 2. The van der Waals surface area contributed by atoms with Gasteiger partial charge in [0.15, 0.2) is 6.04 Å². The molecule has 20 heavy (non-hydrogen) atoms. The molecule has 0 saturated heterocycles. The number of carboxylic acids is 1. The van der Waals surface area contributed by atoms with Gasteiger partial charge in [0.1, 0.15) is 5.82 Å². The van der Waals surface area contributed by atoms with Crippen LogP contribution in [0, 0.1) is 5.82 Å². The molecule has 0 aliphatic rings. The molecule has 3 nitrogen and oxygen atoms in total. The van der Waals surface area contributed by atoms with Crippen LogP contribution in [0.4, 0.5) is 10.1 Å². The van der Waals surface area contributed by atoms with Gasteiger partial charge in [0, 0.05) is 20.7 Å². The average molecular weight is 359 g/mol. The second-order valence-corrected chi connectivity index (χ2v) is 5.41. The monoisotopic (exact) mass is 357 g/mol. The molecule has 0 aromatic heterocycles. The SMILES string of the molecule is O=C(O)C(Nc1ccc(Br)cc1)c1ccc(F)cc1Cl. The summed E-state index contributed by atoms with van der Waals surface area (Å²) in [4.78, 5) is 11.4. The Morgan fingerprint density at radius 1 is 1.25 bits per heavy atom. The first-order valence-corrected chi connectivity index (χ1v) is 6.84. The third-order valence-corrected chi connectivity index (χ3v) is 3.53. The van der Waals surface area contributed by atoms with E-state index in [-0.39, 0.29) is 5.02 Å². The van der Waals surface area contributed by atoms with Crippen molar-refractivity contribution < 1.29 is 14.3 Å². The van der Waals surface area contributed by atoms with Gasteiger partial charge in [0.25, 0.3) is 0 Å². The van der Waals surface area contributed by atoms with Crippen molar-refractivity contribution in [2.75, 3.05) is 5.32 Å². The summed E-state index contributed by atoms with van der Waals surface area (Å²) in [6.07, 6.45) is 0. The third-order valence-electron chi connectivity index (χ3n) is 2.68. The van der Waals surface area contributed by atoms with Crippen LogP contribution in [0.5, 0.6) is 0 Å². The average Bonchev–Trinajstić information content (AvgIpc) is 2.39. The highest BCUT2D eigenvalue weighted by atomic mass is 79.9. The largest absolute Gasteiger partial charge is 0.479 e. The van der Waals surface area contributed by atoms with E-state index in [1.807, 2.05) is 0 Å². The van der Waals surface area contributed by atoms with Crippen molar-refractivity contribution in [2.24, 2.45) is 0 Å². The summed E-state index contributed by atoms with van der Waals surface area (Å²) >= 11 is 9.21. The molecule has 0 bridgehead atoms. The smallest absolute Gasteiger partial charge is 0.330 e. The topological polar surface area (TPSA) is 49.3 Å². The van der Waals surface area contributed by atoms with Gasteiger partial charge < -0.3 is 10.4 Å². The molecule has 0 spiro atoms. The lowest BCUT2D eigenvalue weighted by molar-refractivity contribution is -0.138. The van der Waals surface area contributed by atoms with Crippen molar-refractivity contribution in [3.8, 4) is 0 Å². The molecular weight excluding hydrogens is 349 g/mol. The fourth-order valence-electron chi connectivity index (χ4n) is 1.72. The first kappa shape index (κ1) is 14.8. The van der Waals surface area contributed by atoms with Crippen LogP contribution in [0.2, 0.25) is 5.02 Å². The minimum atomic E-state index is -1.10. The van der Waals surface area contributed by atoms with Gasteiger partial charge in [-0.3, -0.25) is 0 Å². The molecule has 1 atom stereocenters. The predicted octanol–water partition coefficient (Wildman–Crippen LogP) is 4.48. The number of carboxylic acid groups (broad SMARTS) is 1. The summed E-state index contributed by atoms with van der Waals surface area (Å²) in [6.45, 7) is 0. The molecule has 2 N–H and O–H groups in total. The molecular formula is C14H10BrClFNO2. The van der Waals surface area contributed by atoms with Crippen molar-refractivity contribution in [1.82, 2.24) is 0 Å². The number of hydrogen-bond acceptors (Lipinski definition) is 2. The maximum Gasteiger partial charge on any atom is 0.330 e. The van der Waals surface area contributed by atoms with Gasteiger partial charge in [0.05, 0.1) is 0 Å². The Morgan fingerprint density at radius 3 is 2.45 bits per heavy atom. The summed E-state index contributed by atoms with van der Waals surface area (Å²) in [5.41, 5.74) is 0.935. The van der Waals surface area contributed by atoms with Crippen molar-refractivity contribution in [1.29, 1.82) is 0 Å². The lowest BCUT2D eigenvalue weighted by atomic mass is 10.1. The van der Waals surface area contributed by atoms with E-state index in [2.05, 4.69) is 21.2 Å². The summed E-state index contributed by atoms with van der Waals surface area (Å²) in [7, 11) is 0. The number of halogens is 3. The molecule has 0 saturated carbocycles. The van der Waals surface area contributed by atoms with Crippen LogP contribution in [-0.4, -0.2) is 11.1 Å². The number of hydrogen-bond donors (Lipinski definition) is 2. The zero-order valence-electron chi connectivity index (χ0n) is 10.1. The number of anilines is 1. The van der Waals surface area contributed by atoms with Gasteiger partial charge in [0.2, 0.25) is 0 Å². The van der Waals surface area contributed by atoms with Gasteiger partial charge in [-0.2, -0.15) is 0 Å². The quantitative estimate of drug-likeness (QED) is 0.847. The van der Waals surface area contributed by atoms with E-state index in [1.54, 1.807) is 24.3 Å². The molecule has 0 heterocycles. The minimum absolute atomic E-state index is 0.0713. The van der Waals surface area contributed by atoms with Gasteiger partial charge in [-0.05, 0) is 36.4 Å². The van der Waals surface area contributed by atoms with Crippen molar-refractivity contribution in [3.63, 3.8) is 0 Å². The third kappa shape index (κ3) is 3.49. The van der Waals surface area contributed by atoms with Crippen molar-refractivity contribution in [2.45, 2.75) is 6.04 Å². The second-order valence-electron chi connectivity index (χ2n) is 4.09. The molecule has 0 aliphatic carbocycles. The minimum Gasteiger partial charge on any atom is -0.479 e. The fraction of sp³-hybridized carbons (Fsp3) is 0.0714. The Morgan fingerprint density at radius 2 is 1.90 bits per heavy atom. The lowest BCUT2D eigenvalue weighted by Crippen LogP contribution is -2.20. The van der Waals surface area contributed by atoms with E-state index >= 15 is 0 Å². The summed E-state index contributed by atoms with van der Waals surface area (Å²) in [6, 6.07) is 9.62. The maximum absolute atomic E-state index is 13.0. The normalized spacial score (nSPS) is 11.9. The van der Waals surface area contributed by atoms with Gasteiger partial charge >= 0.3 is 5.97 Å². The first-order chi connectivity index (χ1) is 9.47. The Labute approximate surface area is 128 Å². The fourth-order valence-corrected chi connectivity index (χ4v) is 2.26. The molecule has 0 aliphatic heterocycles. The first-order valence-electron chi connectivity index (χ1n) is 5.67. The molecule has 1 unspecified atom stereocenters. The highest BCUT2D eigenvalue weighted by Crippen LogP contribution is 2.27. The van der Waals surface area contributed by atoms with Crippen LogP contribution < -0.4 is 5.32 Å². The maximum atomic E-state index is 13.0.